The number of nitrogens with one attached hydrogen (secondary N) is 1. The highest BCUT2D eigenvalue weighted by Crippen LogP contribution is 2.30. The molecule has 1 rings (SSSR count). The van der Waals surface area contributed by atoms with Gasteiger partial charge < -0.3 is 15.2 Å². The molecule has 2 N–H and O–H groups in total. The summed E-state index contributed by atoms with van der Waals surface area (Å²) < 4.78 is 5.15. The monoisotopic (exact) mass is 215 g/mol. The number of ether oxygens (including phenoxy) is 1. The van der Waals surface area contributed by atoms with Crippen molar-refractivity contribution >= 4 is 17.3 Å². The molecule has 0 saturated carbocycles. The van der Waals surface area contributed by atoms with E-state index in [1.165, 1.54) is 0 Å². The summed E-state index contributed by atoms with van der Waals surface area (Å²) in [6.07, 6.45) is 0. The number of hydrogen-bond donors (Lipinski definition) is 2. The molecule has 0 bridgehead atoms. The van der Waals surface area contributed by atoms with Crippen LogP contribution in [0.25, 0.3) is 0 Å². The predicted octanol–water partition coefficient (Wildman–Crippen LogP) is 2.06. The summed E-state index contributed by atoms with van der Waals surface area (Å²) in [5.74, 6) is 0.689. The summed E-state index contributed by atoms with van der Waals surface area (Å²) in [6, 6.07) is 3.66. The van der Waals surface area contributed by atoms with Gasteiger partial charge in [0.1, 0.15) is 5.75 Å². The van der Waals surface area contributed by atoms with Crippen molar-refractivity contribution in [2.24, 2.45) is 0 Å². The van der Waals surface area contributed by atoms with Gasteiger partial charge in [0, 0.05) is 17.6 Å². The van der Waals surface area contributed by atoms with E-state index in [1.807, 2.05) is 13.0 Å². The van der Waals surface area contributed by atoms with Crippen LogP contribution in [0.1, 0.15) is 5.56 Å². The third-order valence-electron chi connectivity index (χ3n) is 1.91. The Balaban J connectivity index is 2.95. The fourth-order valence-electron chi connectivity index (χ4n) is 1.16. The topological polar surface area (TPSA) is 41.5 Å². The molecular weight excluding hydrogens is 202 g/mol. The van der Waals surface area contributed by atoms with E-state index in [0.717, 1.165) is 11.3 Å². The molecule has 78 valence electrons. The Morgan fingerprint density at radius 1 is 1.50 bits per heavy atom. The lowest BCUT2D eigenvalue weighted by molar-refractivity contribution is 0.311. The summed E-state index contributed by atoms with van der Waals surface area (Å²) in [6.45, 7) is 2.51. The Bertz CT molecular complexity index is 315. The van der Waals surface area contributed by atoms with Gasteiger partial charge in [-0.2, -0.15) is 0 Å². The molecule has 0 fully saturated rings. The minimum Gasteiger partial charge on any atom is -0.495 e. The average Bonchev–Trinajstić information content (AvgIpc) is 2.19. The van der Waals surface area contributed by atoms with Crippen LogP contribution in [0.5, 0.6) is 5.75 Å². The first-order chi connectivity index (χ1) is 6.69. The first-order valence-corrected chi connectivity index (χ1v) is 4.75. The molecule has 0 spiro atoms. The molecule has 1 aromatic rings. The van der Waals surface area contributed by atoms with Crippen LogP contribution in [0.3, 0.4) is 0 Å². The van der Waals surface area contributed by atoms with Gasteiger partial charge in [0.25, 0.3) is 0 Å². The van der Waals surface area contributed by atoms with Crippen molar-refractivity contribution in [3.05, 3.63) is 22.7 Å². The molecule has 0 saturated heterocycles. The number of hydrogen-bond acceptors (Lipinski definition) is 3. The van der Waals surface area contributed by atoms with Crippen LogP contribution in [0.2, 0.25) is 5.02 Å². The molecule has 0 heterocycles. The first-order valence-electron chi connectivity index (χ1n) is 4.38. The number of aliphatic hydroxyl groups is 1. The highest BCUT2D eigenvalue weighted by molar-refractivity contribution is 6.31. The lowest BCUT2D eigenvalue weighted by Crippen LogP contribution is -2.06. The van der Waals surface area contributed by atoms with Gasteiger partial charge >= 0.3 is 0 Å². The van der Waals surface area contributed by atoms with Crippen molar-refractivity contribution in [2.75, 3.05) is 25.6 Å². The fraction of sp³-hybridized carbons (Fsp3) is 0.400. The maximum atomic E-state index is 8.69. The van der Waals surface area contributed by atoms with E-state index in [1.54, 1.807) is 13.2 Å². The maximum absolute atomic E-state index is 8.69. The zero-order chi connectivity index (χ0) is 10.6. The van der Waals surface area contributed by atoms with Crippen molar-refractivity contribution in [2.45, 2.75) is 6.92 Å². The van der Waals surface area contributed by atoms with E-state index in [2.05, 4.69) is 5.32 Å². The molecule has 0 atom stereocenters. The molecule has 14 heavy (non-hydrogen) atoms. The molecule has 0 radical (unpaired) electrons. The van der Waals surface area contributed by atoms with Crippen LogP contribution in [0, 0.1) is 6.92 Å². The normalized spacial score (nSPS) is 10.0. The van der Waals surface area contributed by atoms with Crippen molar-refractivity contribution in [1.82, 2.24) is 0 Å². The van der Waals surface area contributed by atoms with E-state index in [-0.39, 0.29) is 6.61 Å². The molecule has 0 aliphatic rings. The van der Waals surface area contributed by atoms with Crippen LogP contribution in [0.15, 0.2) is 12.1 Å². The second kappa shape index (κ2) is 5.08. The number of aliphatic hydroxyl groups excluding tert-OH is 1. The lowest BCUT2D eigenvalue weighted by Gasteiger charge is -2.12. The Hall–Kier alpha value is -0.930. The maximum Gasteiger partial charge on any atom is 0.143 e. The minimum absolute atomic E-state index is 0.0881. The van der Waals surface area contributed by atoms with E-state index >= 15 is 0 Å². The molecule has 0 aliphatic heterocycles. The Kier molecular flexibility index (Phi) is 4.04. The summed E-state index contributed by atoms with van der Waals surface area (Å²) in [5, 5.41) is 12.4. The highest BCUT2D eigenvalue weighted by Gasteiger charge is 2.05. The van der Waals surface area contributed by atoms with Crippen molar-refractivity contribution in [3.63, 3.8) is 0 Å². The van der Waals surface area contributed by atoms with Crippen molar-refractivity contribution < 1.29 is 9.84 Å². The van der Waals surface area contributed by atoms with Crippen LogP contribution >= 0.6 is 11.6 Å². The third-order valence-corrected chi connectivity index (χ3v) is 2.32. The SMILES string of the molecule is COc1cc(Cl)c(C)cc1NCCO. The van der Waals surface area contributed by atoms with Gasteiger partial charge in [-0.25, -0.2) is 0 Å². The second-order valence-corrected chi connectivity index (χ2v) is 3.36. The van der Waals surface area contributed by atoms with E-state index < -0.39 is 0 Å². The van der Waals surface area contributed by atoms with Crippen LogP contribution in [-0.2, 0) is 0 Å². The molecule has 1 aromatic carbocycles. The van der Waals surface area contributed by atoms with Gasteiger partial charge in [-0.05, 0) is 18.6 Å². The zero-order valence-corrected chi connectivity index (χ0v) is 9.06. The quantitative estimate of drug-likeness (QED) is 0.808. The van der Waals surface area contributed by atoms with Gasteiger partial charge in [0.2, 0.25) is 0 Å². The van der Waals surface area contributed by atoms with E-state index in [0.29, 0.717) is 17.3 Å². The zero-order valence-electron chi connectivity index (χ0n) is 8.30. The van der Waals surface area contributed by atoms with Crippen LogP contribution in [0.4, 0.5) is 5.69 Å². The van der Waals surface area contributed by atoms with Crippen LogP contribution in [-0.4, -0.2) is 25.4 Å². The molecule has 0 unspecified atom stereocenters. The molecule has 4 heteroatoms. The van der Waals surface area contributed by atoms with Crippen molar-refractivity contribution in [1.29, 1.82) is 0 Å². The number of rotatable bonds is 4. The molecular formula is C10H14ClNO2. The molecule has 0 aliphatic carbocycles. The molecule has 3 nitrogen and oxygen atoms in total. The lowest BCUT2D eigenvalue weighted by atomic mass is 10.2. The third kappa shape index (κ3) is 2.53. The smallest absolute Gasteiger partial charge is 0.143 e. The largest absolute Gasteiger partial charge is 0.495 e. The molecule has 0 amide bonds. The Labute approximate surface area is 88.7 Å². The Morgan fingerprint density at radius 3 is 2.79 bits per heavy atom. The molecule has 0 aromatic heterocycles. The van der Waals surface area contributed by atoms with Gasteiger partial charge in [-0.1, -0.05) is 11.6 Å². The van der Waals surface area contributed by atoms with E-state index in [4.69, 9.17) is 21.4 Å². The van der Waals surface area contributed by atoms with Gasteiger partial charge in [-0.3, -0.25) is 0 Å². The number of aryl methyl sites for hydroxylation is 1. The van der Waals surface area contributed by atoms with Crippen molar-refractivity contribution in [3.8, 4) is 5.75 Å². The number of benzene rings is 1. The summed E-state index contributed by atoms with van der Waals surface area (Å²) in [5.41, 5.74) is 1.83. The number of anilines is 1. The van der Waals surface area contributed by atoms with Gasteiger partial charge in [0.15, 0.2) is 0 Å². The van der Waals surface area contributed by atoms with Gasteiger partial charge in [0.05, 0.1) is 19.4 Å². The van der Waals surface area contributed by atoms with E-state index in [9.17, 15) is 0 Å². The summed E-state index contributed by atoms with van der Waals surface area (Å²) in [7, 11) is 1.59. The average molecular weight is 216 g/mol. The number of halogens is 1. The minimum atomic E-state index is 0.0881. The predicted molar refractivity (Wildman–Crippen MR) is 58.3 cm³/mol. The second-order valence-electron chi connectivity index (χ2n) is 2.95. The van der Waals surface area contributed by atoms with Gasteiger partial charge in [-0.15, -0.1) is 0 Å². The standard InChI is InChI=1S/C10H14ClNO2/c1-7-5-9(12-3-4-13)10(14-2)6-8(7)11/h5-6,12-13H,3-4H2,1-2H3. The van der Waals surface area contributed by atoms with Crippen LogP contribution < -0.4 is 10.1 Å². The Morgan fingerprint density at radius 2 is 2.21 bits per heavy atom. The summed E-state index contributed by atoms with van der Waals surface area (Å²) >= 11 is 5.94. The highest BCUT2D eigenvalue weighted by atomic mass is 35.5. The summed E-state index contributed by atoms with van der Waals surface area (Å²) in [4.78, 5) is 0. The number of methoxy groups -OCH3 is 1. The fourth-order valence-corrected chi connectivity index (χ4v) is 1.31. The first kappa shape index (κ1) is 11.1.